The van der Waals surface area contributed by atoms with E-state index in [1.165, 1.54) is 89.9 Å². The van der Waals surface area contributed by atoms with Crippen molar-refractivity contribution < 1.29 is 5.11 Å². The van der Waals surface area contributed by atoms with E-state index in [9.17, 15) is 5.11 Å². The van der Waals surface area contributed by atoms with Crippen LogP contribution in [0.5, 0.6) is 0 Å². The van der Waals surface area contributed by atoms with Gasteiger partial charge in [0.1, 0.15) is 5.72 Å². The zero-order valence-corrected chi connectivity index (χ0v) is 14.5. The maximum absolute atomic E-state index is 10.5. The number of hydrogen-bond donors (Lipinski definition) is 2. The summed E-state index contributed by atoms with van der Waals surface area (Å²) in [5.74, 6) is 0. The van der Waals surface area contributed by atoms with Crippen LogP contribution in [-0.4, -0.2) is 17.4 Å². The van der Waals surface area contributed by atoms with Gasteiger partial charge in [-0.05, 0) is 38.6 Å². The first kappa shape index (κ1) is 19.0. The Morgan fingerprint density at radius 2 is 1.19 bits per heavy atom. The monoisotopic (exact) mass is 297 g/mol. The van der Waals surface area contributed by atoms with Crippen LogP contribution in [0.4, 0.5) is 0 Å². The fraction of sp³-hybridized carbons (Fsp3) is 1.00. The Hall–Kier alpha value is -0.0800. The molecule has 2 nitrogen and oxygen atoms in total. The Balaban J connectivity index is 1.85. The van der Waals surface area contributed by atoms with Crippen molar-refractivity contribution in [1.82, 2.24) is 5.32 Å². The summed E-state index contributed by atoms with van der Waals surface area (Å²) in [5.41, 5.74) is -0.546. The molecule has 0 spiro atoms. The lowest BCUT2D eigenvalue weighted by Gasteiger charge is -2.28. The van der Waals surface area contributed by atoms with Gasteiger partial charge in [-0.3, -0.25) is 5.32 Å². The molecule has 21 heavy (non-hydrogen) atoms. The lowest BCUT2D eigenvalue weighted by Crippen LogP contribution is -2.45. The second-order valence-corrected chi connectivity index (χ2v) is 7.05. The summed E-state index contributed by atoms with van der Waals surface area (Å²) in [4.78, 5) is 0. The van der Waals surface area contributed by atoms with Crippen LogP contribution < -0.4 is 5.32 Å². The van der Waals surface area contributed by atoms with Gasteiger partial charge in [-0.25, -0.2) is 0 Å². The van der Waals surface area contributed by atoms with Gasteiger partial charge in [-0.2, -0.15) is 0 Å². The molecule has 0 aliphatic heterocycles. The second-order valence-electron chi connectivity index (χ2n) is 7.05. The van der Waals surface area contributed by atoms with Crippen LogP contribution in [-0.2, 0) is 0 Å². The molecule has 0 heterocycles. The van der Waals surface area contributed by atoms with E-state index < -0.39 is 5.72 Å². The number of hydrogen-bond acceptors (Lipinski definition) is 2. The molecule has 0 atom stereocenters. The highest BCUT2D eigenvalue weighted by atomic mass is 16.3. The largest absolute Gasteiger partial charge is 0.376 e. The van der Waals surface area contributed by atoms with Crippen LogP contribution in [0.1, 0.15) is 110 Å². The smallest absolute Gasteiger partial charge is 0.116 e. The van der Waals surface area contributed by atoms with Crippen LogP contribution in [0.3, 0.4) is 0 Å². The fourth-order valence-corrected chi connectivity index (χ4v) is 3.42. The van der Waals surface area contributed by atoms with Gasteiger partial charge < -0.3 is 5.11 Å². The van der Waals surface area contributed by atoms with Crippen molar-refractivity contribution >= 4 is 0 Å². The number of unbranched alkanes of at least 4 members (excludes halogenated alkanes) is 9. The van der Waals surface area contributed by atoms with Gasteiger partial charge in [0.25, 0.3) is 0 Å². The summed E-state index contributed by atoms with van der Waals surface area (Å²) in [5, 5.41) is 13.9. The van der Waals surface area contributed by atoms with Crippen LogP contribution in [0.2, 0.25) is 0 Å². The first-order chi connectivity index (χ1) is 10.3. The predicted octanol–water partition coefficient (Wildman–Crippen LogP) is 5.54. The predicted molar refractivity (Wildman–Crippen MR) is 92.5 cm³/mol. The fourth-order valence-electron chi connectivity index (χ4n) is 3.42. The molecule has 0 aromatic heterocycles. The highest BCUT2D eigenvalue weighted by Gasteiger charge is 2.26. The zero-order valence-electron chi connectivity index (χ0n) is 14.5. The van der Waals surface area contributed by atoms with Crippen molar-refractivity contribution in [2.24, 2.45) is 0 Å². The van der Waals surface area contributed by atoms with E-state index in [1.54, 1.807) is 0 Å². The molecule has 1 aliphatic rings. The number of nitrogens with one attached hydrogen (secondary N) is 1. The van der Waals surface area contributed by atoms with Crippen molar-refractivity contribution in [2.45, 2.75) is 115 Å². The Bertz CT molecular complexity index is 222. The van der Waals surface area contributed by atoms with Crippen molar-refractivity contribution in [3.63, 3.8) is 0 Å². The first-order valence-corrected chi connectivity index (χ1v) is 9.74. The molecule has 1 rings (SSSR count). The average molecular weight is 298 g/mol. The molecule has 1 fully saturated rings. The van der Waals surface area contributed by atoms with Gasteiger partial charge in [0.2, 0.25) is 0 Å². The molecule has 0 radical (unpaired) electrons. The summed E-state index contributed by atoms with van der Waals surface area (Å²) >= 11 is 0. The van der Waals surface area contributed by atoms with E-state index in [1.807, 2.05) is 0 Å². The van der Waals surface area contributed by atoms with E-state index >= 15 is 0 Å². The molecule has 0 aromatic carbocycles. The van der Waals surface area contributed by atoms with Crippen LogP contribution in [0.15, 0.2) is 0 Å². The van der Waals surface area contributed by atoms with Crippen LogP contribution in [0.25, 0.3) is 0 Å². The average Bonchev–Trinajstić information content (AvgIpc) is 2.70. The number of rotatable bonds is 12. The van der Waals surface area contributed by atoms with Gasteiger partial charge >= 0.3 is 0 Å². The lowest BCUT2D eigenvalue weighted by molar-refractivity contribution is -0.00906. The molecule has 0 unspecified atom stereocenters. The SMILES string of the molecule is CCCCCCCCCCCCNC1(O)CCCCCC1. The van der Waals surface area contributed by atoms with Crippen molar-refractivity contribution in [2.75, 3.05) is 6.54 Å². The Labute approximate surface area is 133 Å². The summed E-state index contributed by atoms with van der Waals surface area (Å²) in [6.07, 6.45) is 20.6. The molecule has 0 aromatic rings. The quantitative estimate of drug-likeness (QED) is 0.281. The van der Waals surface area contributed by atoms with Gasteiger partial charge in [-0.15, -0.1) is 0 Å². The third kappa shape index (κ3) is 10.3. The molecule has 1 aliphatic carbocycles. The minimum Gasteiger partial charge on any atom is -0.376 e. The van der Waals surface area contributed by atoms with Crippen LogP contribution >= 0.6 is 0 Å². The minimum atomic E-state index is -0.546. The van der Waals surface area contributed by atoms with E-state index in [2.05, 4.69) is 12.2 Å². The molecular weight excluding hydrogens is 258 g/mol. The highest BCUT2D eigenvalue weighted by Crippen LogP contribution is 2.24. The van der Waals surface area contributed by atoms with Gasteiger partial charge in [0.05, 0.1) is 0 Å². The molecule has 2 N–H and O–H groups in total. The normalized spacial score (nSPS) is 18.6. The molecular formula is C19H39NO. The lowest BCUT2D eigenvalue weighted by atomic mass is 10.0. The maximum Gasteiger partial charge on any atom is 0.116 e. The Morgan fingerprint density at radius 1 is 0.714 bits per heavy atom. The molecule has 126 valence electrons. The highest BCUT2D eigenvalue weighted by molar-refractivity contribution is 4.78. The van der Waals surface area contributed by atoms with Crippen molar-refractivity contribution in [1.29, 1.82) is 0 Å². The standard InChI is InChI=1S/C19H39NO/c1-2-3-4-5-6-7-8-9-12-15-18-20-19(21)16-13-10-11-14-17-19/h20-21H,2-18H2,1H3. The third-order valence-electron chi connectivity index (χ3n) is 4.92. The van der Waals surface area contributed by atoms with Crippen molar-refractivity contribution in [3.05, 3.63) is 0 Å². The third-order valence-corrected chi connectivity index (χ3v) is 4.92. The van der Waals surface area contributed by atoms with E-state index in [-0.39, 0.29) is 0 Å². The second kappa shape index (κ2) is 12.5. The maximum atomic E-state index is 10.5. The van der Waals surface area contributed by atoms with Gasteiger partial charge in [0, 0.05) is 0 Å². The molecule has 0 bridgehead atoms. The van der Waals surface area contributed by atoms with Gasteiger partial charge in [-0.1, -0.05) is 77.6 Å². The van der Waals surface area contributed by atoms with Gasteiger partial charge in [0.15, 0.2) is 0 Å². The molecule has 0 amide bonds. The summed E-state index contributed by atoms with van der Waals surface area (Å²) in [6.45, 7) is 3.27. The van der Waals surface area contributed by atoms with Crippen molar-refractivity contribution in [3.8, 4) is 0 Å². The van der Waals surface area contributed by atoms with E-state index in [0.29, 0.717) is 0 Å². The zero-order chi connectivity index (χ0) is 15.2. The van der Waals surface area contributed by atoms with Crippen LogP contribution in [0, 0.1) is 0 Å². The van der Waals surface area contributed by atoms with E-state index in [0.717, 1.165) is 19.4 Å². The first-order valence-electron chi connectivity index (χ1n) is 9.74. The molecule has 2 heteroatoms. The molecule has 1 saturated carbocycles. The Morgan fingerprint density at radius 3 is 1.71 bits per heavy atom. The topological polar surface area (TPSA) is 32.3 Å². The minimum absolute atomic E-state index is 0.546. The summed E-state index contributed by atoms with van der Waals surface area (Å²) < 4.78 is 0. The number of aliphatic hydroxyl groups is 1. The summed E-state index contributed by atoms with van der Waals surface area (Å²) in [6, 6.07) is 0. The molecule has 0 saturated heterocycles. The summed E-state index contributed by atoms with van der Waals surface area (Å²) in [7, 11) is 0. The Kier molecular flexibility index (Phi) is 11.3. The van der Waals surface area contributed by atoms with E-state index in [4.69, 9.17) is 0 Å².